The third kappa shape index (κ3) is 4.05. The van der Waals surface area contributed by atoms with Crippen LogP contribution in [0.1, 0.15) is 53.7 Å². The summed E-state index contributed by atoms with van der Waals surface area (Å²) in [5, 5.41) is 9.21. The van der Waals surface area contributed by atoms with Crippen molar-refractivity contribution in [2.45, 2.75) is 45.7 Å². The maximum atomic E-state index is 12.3. The van der Waals surface area contributed by atoms with Crippen LogP contribution in [0.3, 0.4) is 0 Å². The fourth-order valence-electron chi connectivity index (χ4n) is 5.45. The molecule has 0 bridgehead atoms. The lowest BCUT2D eigenvalue weighted by Gasteiger charge is -2.45. The van der Waals surface area contributed by atoms with E-state index in [0.717, 1.165) is 24.8 Å². The van der Waals surface area contributed by atoms with Crippen molar-refractivity contribution in [2.75, 3.05) is 18.8 Å². The molecule has 9 nitrogen and oxygen atoms in total. The molecule has 1 saturated carbocycles. The number of hydrogen-bond acceptors (Lipinski definition) is 5. The molecule has 1 aliphatic heterocycles. The Morgan fingerprint density at radius 1 is 1.26 bits per heavy atom. The molecule has 35 heavy (non-hydrogen) atoms. The molecule has 1 aliphatic carbocycles. The van der Waals surface area contributed by atoms with Crippen LogP contribution in [0.4, 0.5) is 5.82 Å². The number of likely N-dealkylation sites (tertiary alicyclic amines) is 1. The predicted octanol–water partition coefficient (Wildman–Crippen LogP) is 2.36. The first-order valence-electron chi connectivity index (χ1n) is 11.8. The second-order valence-electron chi connectivity index (χ2n) is 9.68. The maximum absolute atomic E-state index is 12.3. The second kappa shape index (κ2) is 8.62. The summed E-state index contributed by atoms with van der Waals surface area (Å²) in [5.41, 5.74) is 15.9. The summed E-state index contributed by atoms with van der Waals surface area (Å²) in [6.07, 6.45) is 6.17. The van der Waals surface area contributed by atoms with E-state index in [1.54, 1.807) is 17.8 Å². The molecule has 2 aliphatic rings. The predicted molar refractivity (Wildman–Crippen MR) is 132 cm³/mol. The summed E-state index contributed by atoms with van der Waals surface area (Å²) in [5.74, 6) is 4.86. The monoisotopic (exact) mass is 471 g/mol. The van der Waals surface area contributed by atoms with Crippen LogP contribution in [-0.4, -0.2) is 49.4 Å². The van der Waals surface area contributed by atoms with Gasteiger partial charge >= 0.3 is 0 Å². The van der Waals surface area contributed by atoms with Crippen LogP contribution >= 0.6 is 0 Å². The minimum Gasteiger partial charge on any atom is -0.383 e. The molecule has 1 spiro atoms. The number of carbonyl (C=O) groups is 2. The Balaban J connectivity index is 1.36. The van der Waals surface area contributed by atoms with Gasteiger partial charge in [-0.2, -0.15) is 10.2 Å². The molecule has 4 N–H and O–H groups in total. The Labute approximate surface area is 204 Å². The van der Waals surface area contributed by atoms with Gasteiger partial charge < -0.3 is 16.4 Å². The number of amides is 2. The Hall–Kier alpha value is -4.06. The quantitative estimate of drug-likeness (QED) is 0.553. The molecule has 3 aromatic rings. The van der Waals surface area contributed by atoms with Crippen molar-refractivity contribution in [3.05, 3.63) is 53.3 Å². The van der Waals surface area contributed by atoms with Gasteiger partial charge in [0, 0.05) is 24.8 Å². The Kier molecular flexibility index (Phi) is 5.59. The summed E-state index contributed by atoms with van der Waals surface area (Å²) >= 11 is 0. The number of aromatic nitrogens is 4. The van der Waals surface area contributed by atoms with E-state index in [-0.39, 0.29) is 28.7 Å². The van der Waals surface area contributed by atoms with E-state index < -0.39 is 5.91 Å². The second-order valence-corrected chi connectivity index (χ2v) is 9.68. The normalized spacial score (nSPS) is 21.0. The average molecular weight is 472 g/mol. The highest BCUT2D eigenvalue weighted by molar-refractivity contribution is 6.03. The highest BCUT2D eigenvalue weighted by Gasteiger charge is 2.51. The molecule has 3 heterocycles. The number of nitrogen functional groups attached to an aromatic ring is 1. The summed E-state index contributed by atoms with van der Waals surface area (Å²) in [4.78, 5) is 26.3. The van der Waals surface area contributed by atoms with Crippen LogP contribution in [-0.2, 0) is 11.3 Å². The van der Waals surface area contributed by atoms with Gasteiger partial charge in [0.2, 0.25) is 0 Å². The van der Waals surface area contributed by atoms with E-state index in [0.29, 0.717) is 30.9 Å². The fourth-order valence-corrected chi connectivity index (χ4v) is 5.45. The highest BCUT2D eigenvalue weighted by Crippen LogP contribution is 2.54. The maximum Gasteiger partial charge on any atom is 0.298 e. The first-order chi connectivity index (χ1) is 16.8. The molecule has 9 heteroatoms. The zero-order valence-electron chi connectivity index (χ0n) is 20.0. The van der Waals surface area contributed by atoms with Crippen LogP contribution in [0, 0.1) is 24.2 Å². The zero-order chi connectivity index (χ0) is 24.7. The molecule has 5 rings (SSSR count). The van der Waals surface area contributed by atoms with Crippen LogP contribution in [0.15, 0.2) is 36.7 Å². The third-order valence-corrected chi connectivity index (χ3v) is 7.33. The highest BCUT2D eigenvalue weighted by atomic mass is 16.2. The molecule has 0 unspecified atom stereocenters. The van der Waals surface area contributed by atoms with Gasteiger partial charge in [-0.15, -0.1) is 0 Å². The van der Waals surface area contributed by atoms with E-state index in [1.165, 1.54) is 5.56 Å². The van der Waals surface area contributed by atoms with E-state index in [2.05, 4.69) is 36.0 Å². The summed E-state index contributed by atoms with van der Waals surface area (Å²) in [7, 11) is 0. The molecule has 2 aromatic heterocycles. The first kappa shape index (κ1) is 22.7. The molecular weight excluding hydrogens is 442 g/mol. The number of hydrogen-bond donors (Lipinski definition) is 2. The van der Waals surface area contributed by atoms with Crippen molar-refractivity contribution >= 4 is 17.6 Å². The molecule has 0 radical (unpaired) electrons. The van der Waals surface area contributed by atoms with Gasteiger partial charge in [0.1, 0.15) is 17.1 Å². The van der Waals surface area contributed by atoms with Crippen LogP contribution in [0.2, 0.25) is 0 Å². The van der Waals surface area contributed by atoms with Crippen LogP contribution < -0.4 is 11.5 Å². The number of nitrogens with two attached hydrogens (primary N) is 2. The molecule has 2 fully saturated rings. The van der Waals surface area contributed by atoms with Crippen LogP contribution in [0.5, 0.6) is 0 Å². The largest absolute Gasteiger partial charge is 0.383 e. The van der Waals surface area contributed by atoms with Crippen molar-refractivity contribution in [1.82, 2.24) is 24.5 Å². The zero-order valence-corrected chi connectivity index (χ0v) is 20.0. The van der Waals surface area contributed by atoms with Crippen molar-refractivity contribution in [3.63, 3.8) is 0 Å². The molecule has 1 saturated heterocycles. The average Bonchev–Trinajstić information content (AvgIpc) is 3.51. The minimum atomic E-state index is -0.611. The molecule has 2 amide bonds. The number of benzene rings is 1. The van der Waals surface area contributed by atoms with Crippen molar-refractivity contribution < 1.29 is 9.59 Å². The van der Waals surface area contributed by atoms with Gasteiger partial charge in [-0.1, -0.05) is 30.2 Å². The number of rotatable bonds is 5. The lowest BCUT2D eigenvalue weighted by molar-refractivity contribution is -0.125. The Morgan fingerprint density at radius 2 is 2.03 bits per heavy atom. The SMILES string of the molecule is CC#CC(=O)N1CCC2(CC(n3nc(-c4cnn(Cc5ccccc5C)c4)c(C(N)=O)c3N)C2)C1. The molecule has 1 aromatic carbocycles. The Morgan fingerprint density at radius 3 is 2.74 bits per heavy atom. The number of aryl methyl sites for hydroxylation is 1. The van der Waals surface area contributed by atoms with Crippen molar-refractivity contribution in [2.24, 2.45) is 11.1 Å². The molecule has 180 valence electrons. The van der Waals surface area contributed by atoms with Gasteiger partial charge in [0.25, 0.3) is 11.8 Å². The summed E-state index contributed by atoms with van der Waals surface area (Å²) in [6.45, 7) is 5.75. The minimum absolute atomic E-state index is 0.0520. The van der Waals surface area contributed by atoms with Gasteiger partial charge in [0.15, 0.2) is 0 Å². The molecular formula is C26H29N7O2. The van der Waals surface area contributed by atoms with E-state index in [4.69, 9.17) is 16.6 Å². The van der Waals surface area contributed by atoms with Gasteiger partial charge in [0.05, 0.1) is 18.8 Å². The van der Waals surface area contributed by atoms with Gasteiger partial charge in [-0.25, -0.2) is 4.68 Å². The van der Waals surface area contributed by atoms with E-state index >= 15 is 0 Å². The van der Waals surface area contributed by atoms with E-state index in [9.17, 15) is 9.59 Å². The Bertz CT molecular complexity index is 1370. The number of primary amides is 1. The van der Waals surface area contributed by atoms with Crippen LogP contribution in [0.25, 0.3) is 11.3 Å². The number of anilines is 1. The third-order valence-electron chi connectivity index (χ3n) is 7.33. The van der Waals surface area contributed by atoms with Crippen molar-refractivity contribution in [1.29, 1.82) is 0 Å². The number of nitrogens with zero attached hydrogens (tertiary/aromatic N) is 5. The lowest BCUT2D eigenvalue weighted by atomic mass is 9.65. The summed E-state index contributed by atoms with van der Waals surface area (Å²) < 4.78 is 3.55. The number of carbonyl (C=O) groups excluding carboxylic acids is 2. The topological polar surface area (TPSA) is 125 Å². The fraction of sp³-hybridized carbons (Fsp3) is 0.385. The van der Waals surface area contributed by atoms with Gasteiger partial charge in [-0.3, -0.25) is 14.3 Å². The lowest BCUT2D eigenvalue weighted by Crippen LogP contribution is -2.42. The van der Waals surface area contributed by atoms with Gasteiger partial charge in [-0.05, 0) is 55.6 Å². The standard InChI is InChI=1S/C26H29N7O2/c1-3-6-21(34)31-10-9-26(16-31)11-20(12-26)33-24(27)22(25(28)35)23(30-33)19-13-29-32(15-19)14-18-8-5-4-7-17(18)2/h4-5,7-8,13,15,20H,9-12,14,16,27H2,1-2H3,(H2,28,35). The first-order valence-corrected chi connectivity index (χ1v) is 11.8. The van der Waals surface area contributed by atoms with Crippen molar-refractivity contribution in [3.8, 4) is 23.1 Å². The smallest absolute Gasteiger partial charge is 0.298 e. The molecule has 0 atom stereocenters. The summed E-state index contributed by atoms with van der Waals surface area (Å²) in [6, 6.07) is 8.19. The van der Waals surface area contributed by atoms with E-state index in [1.807, 2.05) is 27.9 Å².